The van der Waals surface area contributed by atoms with Gasteiger partial charge in [0.05, 0.1) is 74.7 Å². The SMILES string of the molecule is CC#N.CC(C)(O)c1ccc(N2CCN(S(=O)(=O)c3cccs3)C[C@@H]2CN2CCOC[C@@H]2CO)cc1.CC(C)(O)c1ccc(N2CCN(S(=O)(=O)c3cccs3)C[C@@H]2COS(C)(=O)=O)cc1.Cl.O=CO[O-].OC[C@@H]1CCCOC1.[H-].[K+].[K+]. The van der Waals surface area contributed by atoms with Gasteiger partial charge in [-0.3, -0.25) is 13.9 Å². The first-order valence-electron chi connectivity index (χ1n) is 25.1. The summed E-state index contributed by atoms with van der Waals surface area (Å²) >= 11 is 2.39. The minimum absolute atomic E-state index is 0. The molecule has 4 saturated heterocycles. The van der Waals surface area contributed by atoms with Crippen molar-refractivity contribution in [2.75, 3.05) is 115 Å². The van der Waals surface area contributed by atoms with Gasteiger partial charge in [0.25, 0.3) is 36.6 Å². The standard InChI is InChI=1S/C23H33N3O5S2.C19H26N2O6S3.C6H12O2.C2H3N.CH2O3.ClH.2K.H/c1-23(2,28)18-5-7-19(8-6-18)26-10-9-25(33(29,30)22-4-3-13-32-22)15-20(26)14-24-11-12-31-17-21(24)16-27;1-19(2,22)15-6-8-16(9-7-15)21-11-10-20(13-17(21)14-27-29(3,23)24)30(25,26)18-5-4-12-28-18;7-4-6-2-1-3-8-5-6;1-2-3;2-1-4-3;;;;/h3-8,13,20-21,27-28H,9-12,14-17H2,1-2H3;4-9,12,17,22H,10-11,13-14H2,1-3H3;6-7H,1-5H2;1H3;1,3H;1H;;;/q;;;;;;2*+1;-1/p-1/t20-,21-;17-;6-;;;;;;/m010....../s1. The van der Waals surface area contributed by atoms with Crippen LogP contribution in [0, 0.1) is 17.2 Å². The molecule has 4 aromatic rings. The summed E-state index contributed by atoms with van der Waals surface area (Å²) in [5.74, 6) is 0.420. The molecule has 0 bridgehead atoms. The van der Waals surface area contributed by atoms with Crippen LogP contribution in [-0.4, -0.2) is 189 Å². The molecule has 0 amide bonds. The zero-order chi connectivity index (χ0) is 57.7. The Hall–Kier alpha value is -0.627. The van der Waals surface area contributed by atoms with Crippen molar-refractivity contribution in [1.29, 1.82) is 5.26 Å². The number of hydrogen-bond acceptors (Lipinski definition) is 22. The van der Waals surface area contributed by atoms with Crippen LogP contribution in [0.5, 0.6) is 0 Å². The molecule has 0 radical (unpaired) electrons. The fourth-order valence-electron chi connectivity index (χ4n) is 8.79. The average Bonchev–Trinajstić information content (AvgIpc) is 4.26. The van der Waals surface area contributed by atoms with Crippen molar-refractivity contribution in [3.8, 4) is 6.07 Å². The number of aliphatic hydroxyl groups excluding tert-OH is 2. The Bertz CT molecular complexity index is 2780. The van der Waals surface area contributed by atoms with Crippen molar-refractivity contribution >= 4 is 83.1 Å². The Morgan fingerprint density at radius 3 is 1.53 bits per heavy atom. The summed E-state index contributed by atoms with van der Waals surface area (Å²) in [5.41, 5.74) is 1.47. The molecule has 0 aliphatic carbocycles. The average molecular weight is 1300 g/mol. The Balaban J connectivity index is 0.00000123. The summed E-state index contributed by atoms with van der Waals surface area (Å²) in [6.07, 6.45) is 3.22. The van der Waals surface area contributed by atoms with Crippen LogP contribution >= 0.6 is 35.1 Å². The normalized spacial score (nSPS) is 20.1. The molecular formula is C51H77ClK2N6O16S5. The van der Waals surface area contributed by atoms with Crippen LogP contribution in [0.3, 0.4) is 0 Å². The van der Waals surface area contributed by atoms with E-state index >= 15 is 0 Å². The van der Waals surface area contributed by atoms with Gasteiger partial charge in [-0.05, 0) is 98.8 Å². The minimum atomic E-state index is -3.68. The van der Waals surface area contributed by atoms with E-state index in [9.17, 15) is 40.6 Å². The van der Waals surface area contributed by atoms with Gasteiger partial charge >= 0.3 is 103 Å². The number of halogens is 1. The van der Waals surface area contributed by atoms with Gasteiger partial charge in [0.15, 0.2) is 0 Å². The van der Waals surface area contributed by atoms with Crippen molar-refractivity contribution in [1.82, 2.24) is 13.5 Å². The van der Waals surface area contributed by atoms with Crippen LogP contribution in [0.25, 0.3) is 0 Å². The maximum Gasteiger partial charge on any atom is 1.00 e. The number of rotatable bonds is 16. The van der Waals surface area contributed by atoms with E-state index in [2.05, 4.69) is 14.7 Å². The van der Waals surface area contributed by atoms with E-state index in [0.29, 0.717) is 69.2 Å². The van der Waals surface area contributed by atoms with E-state index in [-0.39, 0.29) is 166 Å². The van der Waals surface area contributed by atoms with Crippen molar-refractivity contribution in [2.24, 2.45) is 5.92 Å². The Morgan fingerprint density at radius 1 is 0.728 bits per heavy atom. The summed E-state index contributed by atoms with van der Waals surface area (Å²) < 4.78 is 94.6. The minimum Gasteiger partial charge on any atom is -1.00 e. The molecule has 0 spiro atoms. The second-order valence-electron chi connectivity index (χ2n) is 19.6. The third-order valence-corrected chi connectivity index (χ3v) is 20.0. The van der Waals surface area contributed by atoms with Crippen molar-refractivity contribution in [2.45, 2.75) is 85.2 Å². The van der Waals surface area contributed by atoms with Gasteiger partial charge in [-0.2, -0.15) is 22.3 Å². The fraction of sp³-hybridized carbons (Fsp3) is 0.569. The van der Waals surface area contributed by atoms with E-state index in [0.717, 1.165) is 66.1 Å². The number of piperazine rings is 2. The zero-order valence-electron chi connectivity index (χ0n) is 48.3. The number of nitriles is 1. The monoisotopic (exact) mass is 1300 g/mol. The van der Waals surface area contributed by atoms with Crippen LogP contribution in [0.15, 0.2) is 92.0 Å². The number of hydrogen-bond donors (Lipinski definition) is 4. The first kappa shape index (κ1) is 78.4. The topological polar surface area (TPSA) is 300 Å². The van der Waals surface area contributed by atoms with Crippen molar-refractivity contribution in [3.63, 3.8) is 0 Å². The summed E-state index contributed by atoms with van der Waals surface area (Å²) in [4.78, 5) is 17.6. The zero-order valence-corrected chi connectivity index (χ0v) is 58.5. The summed E-state index contributed by atoms with van der Waals surface area (Å²) in [6.45, 7) is 14.4. The Labute approximate surface area is 579 Å². The Kier molecular flexibility index (Phi) is 36.7. The third-order valence-electron chi connectivity index (χ3n) is 12.9. The number of nitrogens with zero attached hydrogens (tertiary/aromatic N) is 6. The van der Waals surface area contributed by atoms with Crippen molar-refractivity contribution in [3.05, 3.63) is 94.7 Å². The summed E-state index contributed by atoms with van der Waals surface area (Å²) in [7, 11) is -10.9. The molecule has 30 heteroatoms. The number of morpholine rings is 1. The van der Waals surface area contributed by atoms with Gasteiger partial charge in [0.1, 0.15) is 8.42 Å². The number of ether oxygens (including phenoxy) is 2. The first-order valence-corrected chi connectivity index (χ1v) is 31.5. The van der Waals surface area contributed by atoms with Crippen LogP contribution < -0.4 is 118 Å². The molecule has 4 aliphatic heterocycles. The number of anilines is 2. The maximum atomic E-state index is 13.2. The molecule has 4 aliphatic rings. The molecule has 446 valence electrons. The van der Waals surface area contributed by atoms with E-state index in [1.165, 1.54) is 22.6 Å². The van der Waals surface area contributed by atoms with Crippen LogP contribution in [0.2, 0.25) is 0 Å². The van der Waals surface area contributed by atoms with E-state index < -0.39 is 47.4 Å². The van der Waals surface area contributed by atoms with Crippen molar-refractivity contribution < 1.29 is 178 Å². The van der Waals surface area contributed by atoms with Gasteiger partial charge < -0.3 is 51.3 Å². The molecule has 4 N–H and O–H groups in total. The third kappa shape index (κ3) is 25.2. The molecular weight excluding hydrogens is 1230 g/mol. The molecule has 6 heterocycles. The molecule has 0 unspecified atom stereocenters. The van der Waals surface area contributed by atoms with Crippen LogP contribution in [-0.2, 0) is 64.7 Å². The molecule has 4 atom stereocenters. The summed E-state index contributed by atoms with van der Waals surface area (Å²) in [5, 5.41) is 58.1. The molecule has 0 saturated carbocycles. The molecule has 2 aromatic carbocycles. The second-order valence-corrected chi connectivity index (χ2v) is 27.4. The van der Waals surface area contributed by atoms with Crippen LogP contribution in [0.1, 0.15) is 60.0 Å². The molecule has 2 aromatic heterocycles. The van der Waals surface area contributed by atoms with E-state index in [1.54, 1.807) is 85.2 Å². The van der Waals surface area contributed by atoms with Gasteiger partial charge in [-0.1, -0.05) is 36.4 Å². The fourth-order valence-corrected chi connectivity index (χ4v) is 14.4. The predicted octanol–water partition coefficient (Wildman–Crippen LogP) is -2.71. The molecule has 4 fully saturated rings. The number of carbonyl (C=O) groups excluding carboxylic acids is 1. The van der Waals surface area contributed by atoms with Crippen LogP contribution in [0.4, 0.5) is 11.4 Å². The van der Waals surface area contributed by atoms with Gasteiger partial charge in [0.2, 0.25) is 0 Å². The number of aliphatic hydroxyl groups is 4. The number of sulfonamides is 2. The van der Waals surface area contributed by atoms with E-state index in [1.807, 2.05) is 41.3 Å². The number of carbonyl (C=O) groups is 1. The predicted molar refractivity (Wildman–Crippen MR) is 303 cm³/mol. The van der Waals surface area contributed by atoms with E-state index in [4.69, 9.17) is 34.1 Å². The van der Waals surface area contributed by atoms with Gasteiger partial charge in [-0.25, -0.2) is 16.8 Å². The Morgan fingerprint density at radius 2 is 1.17 bits per heavy atom. The first-order chi connectivity index (χ1) is 36.8. The summed E-state index contributed by atoms with van der Waals surface area (Å²) in [6, 6.07) is 22.8. The number of benzene rings is 2. The molecule has 8 rings (SSSR count). The smallest absolute Gasteiger partial charge is 1.00 e. The van der Waals surface area contributed by atoms with Gasteiger partial charge in [0, 0.05) is 89.8 Å². The molecule has 81 heavy (non-hydrogen) atoms. The largest absolute Gasteiger partial charge is 1.00 e. The second kappa shape index (κ2) is 37.9. The van der Waals surface area contributed by atoms with Gasteiger partial charge in [-0.15, -0.1) is 35.1 Å². The molecule has 22 nitrogen and oxygen atoms in total. The quantitative estimate of drug-likeness (QED) is 0.0292. The maximum absolute atomic E-state index is 13.2. The number of thiophene rings is 2.